The van der Waals surface area contributed by atoms with E-state index in [0.29, 0.717) is 0 Å². The van der Waals surface area contributed by atoms with Gasteiger partial charge in [-0.3, -0.25) is 4.79 Å². The average Bonchev–Trinajstić information content (AvgIpc) is 2.67. The molecule has 5 nitrogen and oxygen atoms in total. The number of nitrogens with one attached hydrogen (secondary N) is 2. The number of nitrogens with zero attached hydrogens (tertiary/aromatic N) is 1. The number of carbonyl (C=O) groups is 1. The zero-order valence-electron chi connectivity index (χ0n) is 14.6. The summed E-state index contributed by atoms with van der Waals surface area (Å²) in [5.74, 6) is -0.0923. The van der Waals surface area contributed by atoms with Crippen molar-refractivity contribution < 1.29 is 9.90 Å². The molecule has 0 saturated carbocycles. The second kappa shape index (κ2) is 9.25. The van der Waals surface area contributed by atoms with Crippen molar-refractivity contribution in [2.75, 3.05) is 6.54 Å². The van der Waals surface area contributed by atoms with Gasteiger partial charge in [0, 0.05) is 6.54 Å². The van der Waals surface area contributed by atoms with Gasteiger partial charge in [0.1, 0.15) is 0 Å². The Bertz CT molecular complexity index is 748. The Morgan fingerprint density at radius 1 is 1.24 bits per heavy atom. The number of amidine groups is 1. The minimum absolute atomic E-state index is 0.134. The summed E-state index contributed by atoms with van der Waals surface area (Å²) in [4.78, 5) is 17.5. The van der Waals surface area contributed by atoms with Crippen LogP contribution >= 0.6 is 11.9 Å². The zero-order valence-corrected chi connectivity index (χ0v) is 15.4. The first-order chi connectivity index (χ1) is 12.1. The number of aliphatic hydroxyl groups is 1. The van der Waals surface area contributed by atoms with E-state index in [4.69, 9.17) is 0 Å². The van der Waals surface area contributed by atoms with Crippen molar-refractivity contribution in [1.82, 2.24) is 10.0 Å². The van der Waals surface area contributed by atoms with Crippen LogP contribution in [0, 0.1) is 6.92 Å². The molecule has 0 bridgehead atoms. The van der Waals surface area contributed by atoms with Gasteiger partial charge in [-0.05, 0) is 42.1 Å². The molecule has 0 spiro atoms. The lowest BCUT2D eigenvalue weighted by molar-refractivity contribution is -0.115. The Balaban J connectivity index is 0.00000109. The number of carbonyl (C=O) groups excluding carboxylic acids is 1. The van der Waals surface area contributed by atoms with Crippen molar-refractivity contribution in [3.8, 4) is 0 Å². The van der Waals surface area contributed by atoms with E-state index >= 15 is 0 Å². The molecule has 1 atom stereocenters. The average molecular weight is 357 g/mol. The van der Waals surface area contributed by atoms with Gasteiger partial charge in [-0.1, -0.05) is 50.2 Å². The number of aliphatic hydroxyl groups excluding tert-OH is 1. The highest BCUT2D eigenvalue weighted by molar-refractivity contribution is 7.98. The largest absolute Gasteiger partial charge is 0.387 e. The third-order valence-electron chi connectivity index (χ3n) is 3.46. The van der Waals surface area contributed by atoms with Gasteiger partial charge in [-0.2, -0.15) is 0 Å². The molecule has 25 heavy (non-hydrogen) atoms. The van der Waals surface area contributed by atoms with E-state index in [9.17, 15) is 9.90 Å². The maximum Gasteiger partial charge on any atom is 0.287 e. The maximum atomic E-state index is 12.2. The molecule has 1 unspecified atom stereocenters. The molecular formula is C19H23N3O2S. The summed E-state index contributed by atoms with van der Waals surface area (Å²) in [6, 6.07) is 15.1. The highest BCUT2D eigenvalue weighted by atomic mass is 32.2. The van der Waals surface area contributed by atoms with Crippen LogP contribution in [0.1, 0.15) is 31.1 Å². The van der Waals surface area contributed by atoms with Gasteiger partial charge in [0.15, 0.2) is 0 Å². The number of fused-ring (bicyclic) bond motifs is 1. The van der Waals surface area contributed by atoms with E-state index in [1.165, 1.54) is 11.9 Å². The van der Waals surface area contributed by atoms with E-state index in [2.05, 4.69) is 15.0 Å². The van der Waals surface area contributed by atoms with Crippen molar-refractivity contribution in [3.05, 3.63) is 59.7 Å². The lowest BCUT2D eigenvalue weighted by Gasteiger charge is -2.17. The van der Waals surface area contributed by atoms with Crippen LogP contribution in [0.2, 0.25) is 0 Å². The van der Waals surface area contributed by atoms with Gasteiger partial charge in [-0.15, -0.1) is 0 Å². The van der Waals surface area contributed by atoms with Crippen LogP contribution in [0.3, 0.4) is 0 Å². The van der Waals surface area contributed by atoms with Crippen molar-refractivity contribution >= 4 is 29.4 Å². The molecular weight excluding hydrogens is 334 g/mol. The molecule has 0 radical (unpaired) electrons. The molecule has 0 saturated heterocycles. The summed E-state index contributed by atoms with van der Waals surface area (Å²) in [5.41, 5.74) is 2.68. The Kier molecular flexibility index (Phi) is 7.03. The predicted octanol–water partition coefficient (Wildman–Crippen LogP) is 3.51. The molecule has 3 rings (SSSR count). The number of rotatable bonds is 4. The molecule has 3 N–H and O–H groups in total. The quantitative estimate of drug-likeness (QED) is 0.732. The van der Waals surface area contributed by atoms with E-state index in [-0.39, 0.29) is 18.3 Å². The van der Waals surface area contributed by atoms with Crippen LogP contribution in [0.5, 0.6) is 0 Å². The minimum atomic E-state index is -0.744. The summed E-state index contributed by atoms with van der Waals surface area (Å²) >= 11 is 1.37. The van der Waals surface area contributed by atoms with E-state index in [1.54, 1.807) is 0 Å². The molecule has 2 aromatic carbocycles. The Hall–Kier alpha value is -2.31. The molecule has 6 heteroatoms. The first kappa shape index (κ1) is 19.0. The van der Waals surface area contributed by atoms with Crippen molar-refractivity contribution in [3.63, 3.8) is 0 Å². The Labute approximate surface area is 152 Å². The van der Waals surface area contributed by atoms with Gasteiger partial charge in [-0.25, -0.2) is 4.99 Å². The SMILES string of the molecule is CC.Cc1ccc2c(c1)SNC(C(=O)NCC(O)c1ccccc1)=N2. The number of amides is 1. The highest BCUT2D eigenvalue weighted by Crippen LogP contribution is 2.31. The zero-order chi connectivity index (χ0) is 18.2. The van der Waals surface area contributed by atoms with Crippen LogP contribution in [-0.2, 0) is 4.79 Å². The summed E-state index contributed by atoms with van der Waals surface area (Å²) in [6.07, 6.45) is -0.744. The normalized spacial score (nSPS) is 13.4. The Morgan fingerprint density at radius 3 is 2.68 bits per heavy atom. The van der Waals surface area contributed by atoms with Crippen LogP contribution in [0.25, 0.3) is 0 Å². The van der Waals surface area contributed by atoms with Crippen LogP contribution < -0.4 is 10.0 Å². The molecule has 0 fully saturated rings. The van der Waals surface area contributed by atoms with Crippen LogP contribution in [0.15, 0.2) is 58.4 Å². The van der Waals surface area contributed by atoms with Crippen molar-refractivity contribution in [2.24, 2.45) is 4.99 Å². The molecule has 1 amide bonds. The van der Waals surface area contributed by atoms with Crippen LogP contribution in [0.4, 0.5) is 5.69 Å². The lowest BCUT2D eigenvalue weighted by atomic mass is 10.1. The molecule has 2 aromatic rings. The van der Waals surface area contributed by atoms with E-state index in [0.717, 1.165) is 21.7 Å². The molecule has 1 aliphatic rings. The van der Waals surface area contributed by atoms with E-state index in [1.807, 2.05) is 69.3 Å². The summed E-state index contributed by atoms with van der Waals surface area (Å²) in [5, 5.41) is 12.8. The van der Waals surface area contributed by atoms with Gasteiger partial charge < -0.3 is 15.1 Å². The van der Waals surface area contributed by atoms with Crippen LogP contribution in [-0.4, -0.2) is 23.4 Å². The second-order valence-corrected chi connectivity index (χ2v) is 6.12. The van der Waals surface area contributed by atoms with Gasteiger partial charge in [0.05, 0.1) is 16.7 Å². The fraction of sp³-hybridized carbons (Fsp3) is 0.263. The molecule has 132 valence electrons. The fourth-order valence-corrected chi connectivity index (χ4v) is 3.01. The number of hydrogen-bond acceptors (Lipinski definition) is 5. The monoisotopic (exact) mass is 357 g/mol. The number of benzene rings is 2. The fourth-order valence-electron chi connectivity index (χ4n) is 2.21. The van der Waals surface area contributed by atoms with Gasteiger partial charge in [0.25, 0.3) is 5.91 Å². The third kappa shape index (κ3) is 5.08. The molecule has 0 aliphatic carbocycles. The van der Waals surface area contributed by atoms with Crippen molar-refractivity contribution in [2.45, 2.75) is 31.8 Å². The smallest absolute Gasteiger partial charge is 0.287 e. The topological polar surface area (TPSA) is 73.7 Å². The number of aryl methyl sites for hydroxylation is 1. The number of aliphatic imine (C=N–C) groups is 1. The van der Waals surface area contributed by atoms with E-state index < -0.39 is 6.10 Å². The third-order valence-corrected chi connectivity index (χ3v) is 4.30. The predicted molar refractivity (Wildman–Crippen MR) is 103 cm³/mol. The molecule has 1 aliphatic heterocycles. The van der Waals surface area contributed by atoms with Gasteiger partial charge >= 0.3 is 0 Å². The first-order valence-electron chi connectivity index (χ1n) is 8.27. The standard InChI is InChI=1S/C17H17N3O2S.C2H6/c1-11-7-8-13-15(9-11)23-20-16(19-13)17(22)18-10-14(21)12-5-3-2-4-6-12;1-2/h2-9,14,21H,10H2,1H3,(H,18,22)(H,19,20);1-2H3. The lowest BCUT2D eigenvalue weighted by Crippen LogP contribution is -2.40. The highest BCUT2D eigenvalue weighted by Gasteiger charge is 2.19. The van der Waals surface area contributed by atoms with Gasteiger partial charge in [0.2, 0.25) is 5.84 Å². The first-order valence-corrected chi connectivity index (χ1v) is 9.08. The second-order valence-electron chi connectivity index (χ2n) is 5.27. The molecule has 0 aromatic heterocycles. The summed E-state index contributed by atoms with van der Waals surface area (Å²) in [7, 11) is 0. The maximum absolute atomic E-state index is 12.2. The summed E-state index contributed by atoms with van der Waals surface area (Å²) in [6.45, 7) is 6.15. The number of hydrogen-bond donors (Lipinski definition) is 3. The minimum Gasteiger partial charge on any atom is -0.387 e. The summed E-state index contributed by atoms with van der Waals surface area (Å²) < 4.78 is 2.94. The van der Waals surface area contributed by atoms with Crippen molar-refractivity contribution in [1.29, 1.82) is 0 Å². The Morgan fingerprint density at radius 2 is 1.96 bits per heavy atom. The molecule has 1 heterocycles.